The van der Waals surface area contributed by atoms with Gasteiger partial charge in [-0.2, -0.15) is 0 Å². The molecular formula is C12H25N3O2. The summed E-state index contributed by atoms with van der Waals surface area (Å²) in [7, 11) is 0. The monoisotopic (exact) mass is 243 g/mol. The number of rotatable bonds is 9. The van der Waals surface area contributed by atoms with E-state index >= 15 is 0 Å². The first-order valence-corrected chi connectivity index (χ1v) is 6.42. The predicted octanol–water partition coefficient (Wildman–Crippen LogP) is 0.536. The first kappa shape index (κ1) is 15.9. The average molecular weight is 243 g/mol. The Kier molecular flexibility index (Phi) is 9.43. The molecule has 17 heavy (non-hydrogen) atoms. The molecule has 4 N–H and O–H groups in total. The van der Waals surface area contributed by atoms with Gasteiger partial charge in [0, 0.05) is 19.5 Å². The Hall–Kier alpha value is -1.10. The molecule has 5 nitrogen and oxygen atoms in total. The Morgan fingerprint density at radius 1 is 1.18 bits per heavy atom. The molecule has 0 unspecified atom stereocenters. The number of unbranched alkanes of at least 4 members (excludes halogenated alkanes) is 3. The summed E-state index contributed by atoms with van der Waals surface area (Å²) in [6, 6.07) is -0.603. The van der Waals surface area contributed by atoms with Crippen LogP contribution < -0.4 is 16.4 Å². The van der Waals surface area contributed by atoms with E-state index < -0.39 is 6.04 Å². The fraction of sp³-hybridized carbons (Fsp3) is 0.833. The highest BCUT2D eigenvalue weighted by molar-refractivity contribution is 5.87. The first-order valence-electron chi connectivity index (χ1n) is 6.42. The number of nitrogens with two attached hydrogens (primary N) is 1. The standard InChI is InChI=1S/C12H25N3O2/c1-3-5-6-7-8-14-12(17)10(9-13)15-11(16)4-2/h10H,3-9,13H2,1-2H3,(H,14,17)(H,15,16)/t10-/m0/s1. The van der Waals surface area contributed by atoms with E-state index in [0.29, 0.717) is 13.0 Å². The zero-order valence-corrected chi connectivity index (χ0v) is 10.9. The predicted molar refractivity (Wildman–Crippen MR) is 68.4 cm³/mol. The largest absolute Gasteiger partial charge is 0.354 e. The van der Waals surface area contributed by atoms with Crippen LogP contribution in [0.1, 0.15) is 46.0 Å². The molecule has 5 heteroatoms. The maximum Gasteiger partial charge on any atom is 0.243 e. The van der Waals surface area contributed by atoms with Crippen molar-refractivity contribution in [3.8, 4) is 0 Å². The van der Waals surface area contributed by atoms with Gasteiger partial charge in [0.05, 0.1) is 0 Å². The lowest BCUT2D eigenvalue weighted by Crippen LogP contribution is -2.50. The lowest BCUT2D eigenvalue weighted by Gasteiger charge is -2.16. The number of carbonyl (C=O) groups excluding carboxylic acids is 2. The summed E-state index contributed by atoms with van der Waals surface area (Å²) in [5, 5.41) is 5.38. The van der Waals surface area contributed by atoms with E-state index in [1.54, 1.807) is 6.92 Å². The molecule has 0 aliphatic rings. The van der Waals surface area contributed by atoms with Crippen molar-refractivity contribution in [3.63, 3.8) is 0 Å². The third-order valence-electron chi connectivity index (χ3n) is 2.54. The first-order chi connectivity index (χ1) is 8.15. The molecule has 0 fully saturated rings. The molecule has 0 rings (SSSR count). The lowest BCUT2D eigenvalue weighted by molar-refractivity contribution is -0.128. The van der Waals surface area contributed by atoms with Crippen molar-refractivity contribution in [2.24, 2.45) is 5.73 Å². The Morgan fingerprint density at radius 3 is 2.41 bits per heavy atom. The van der Waals surface area contributed by atoms with Crippen LogP contribution in [-0.2, 0) is 9.59 Å². The lowest BCUT2D eigenvalue weighted by atomic mass is 10.2. The van der Waals surface area contributed by atoms with Crippen molar-refractivity contribution in [1.82, 2.24) is 10.6 Å². The molecule has 0 bridgehead atoms. The van der Waals surface area contributed by atoms with Gasteiger partial charge >= 0.3 is 0 Å². The molecule has 0 aliphatic heterocycles. The van der Waals surface area contributed by atoms with Crippen LogP contribution in [0.3, 0.4) is 0 Å². The van der Waals surface area contributed by atoms with Gasteiger partial charge < -0.3 is 16.4 Å². The van der Waals surface area contributed by atoms with Gasteiger partial charge in [0.15, 0.2) is 0 Å². The quantitative estimate of drug-likeness (QED) is 0.517. The molecule has 0 radical (unpaired) electrons. The van der Waals surface area contributed by atoms with Gasteiger partial charge in [-0.05, 0) is 6.42 Å². The number of hydrogen-bond donors (Lipinski definition) is 3. The smallest absolute Gasteiger partial charge is 0.243 e. The zero-order chi connectivity index (χ0) is 13.1. The molecule has 0 aliphatic carbocycles. The van der Waals surface area contributed by atoms with Crippen LogP contribution in [0.25, 0.3) is 0 Å². The summed E-state index contributed by atoms with van der Waals surface area (Å²) < 4.78 is 0. The van der Waals surface area contributed by atoms with E-state index in [2.05, 4.69) is 17.6 Å². The summed E-state index contributed by atoms with van der Waals surface area (Å²) >= 11 is 0. The van der Waals surface area contributed by atoms with Crippen molar-refractivity contribution >= 4 is 11.8 Å². The van der Waals surface area contributed by atoms with Crippen LogP contribution >= 0.6 is 0 Å². The third kappa shape index (κ3) is 7.74. The number of carbonyl (C=O) groups is 2. The molecule has 1 atom stereocenters. The number of amides is 2. The maximum absolute atomic E-state index is 11.7. The normalized spacial score (nSPS) is 11.9. The van der Waals surface area contributed by atoms with E-state index in [9.17, 15) is 9.59 Å². The molecule has 0 saturated carbocycles. The second-order valence-electron chi connectivity index (χ2n) is 4.06. The Morgan fingerprint density at radius 2 is 1.88 bits per heavy atom. The van der Waals surface area contributed by atoms with Crippen molar-refractivity contribution in [3.05, 3.63) is 0 Å². The van der Waals surface area contributed by atoms with Gasteiger partial charge in [-0.1, -0.05) is 33.1 Å². The SMILES string of the molecule is CCCCCCNC(=O)[C@H](CN)NC(=O)CC. The molecule has 0 heterocycles. The van der Waals surface area contributed by atoms with E-state index in [0.717, 1.165) is 12.8 Å². The van der Waals surface area contributed by atoms with Crippen LogP contribution in [0.15, 0.2) is 0 Å². The average Bonchev–Trinajstić information content (AvgIpc) is 2.34. The third-order valence-corrected chi connectivity index (χ3v) is 2.54. The summed E-state index contributed by atoms with van der Waals surface area (Å²) in [6.45, 7) is 4.67. The van der Waals surface area contributed by atoms with Crippen molar-refractivity contribution < 1.29 is 9.59 Å². The Bertz CT molecular complexity index is 232. The van der Waals surface area contributed by atoms with Gasteiger partial charge in [-0.25, -0.2) is 0 Å². The molecule has 0 spiro atoms. The summed E-state index contributed by atoms with van der Waals surface area (Å²) in [6.07, 6.45) is 4.80. The van der Waals surface area contributed by atoms with E-state index in [4.69, 9.17) is 5.73 Å². The minimum atomic E-state index is -0.603. The fourth-order valence-corrected chi connectivity index (χ4v) is 1.41. The van der Waals surface area contributed by atoms with Crippen molar-refractivity contribution in [1.29, 1.82) is 0 Å². The number of hydrogen-bond acceptors (Lipinski definition) is 3. The van der Waals surface area contributed by atoms with E-state index in [1.165, 1.54) is 12.8 Å². The second kappa shape index (κ2) is 10.1. The Balaban J connectivity index is 3.80. The zero-order valence-electron chi connectivity index (χ0n) is 10.9. The topological polar surface area (TPSA) is 84.2 Å². The molecule has 0 aromatic carbocycles. The Labute approximate surface area is 104 Å². The fourth-order valence-electron chi connectivity index (χ4n) is 1.41. The van der Waals surface area contributed by atoms with Gasteiger partial charge in [0.2, 0.25) is 11.8 Å². The van der Waals surface area contributed by atoms with E-state index in [1.807, 2.05) is 0 Å². The van der Waals surface area contributed by atoms with Crippen LogP contribution in [-0.4, -0.2) is 30.9 Å². The van der Waals surface area contributed by atoms with Crippen LogP contribution in [0.2, 0.25) is 0 Å². The minimum Gasteiger partial charge on any atom is -0.354 e. The van der Waals surface area contributed by atoms with Crippen molar-refractivity contribution in [2.45, 2.75) is 52.0 Å². The molecule has 0 aromatic heterocycles. The molecule has 0 saturated heterocycles. The summed E-state index contributed by atoms with van der Waals surface area (Å²) in [5.41, 5.74) is 5.45. The number of nitrogens with one attached hydrogen (secondary N) is 2. The van der Waals surface area contributed by atoms with Gasteiger partial charge in [-0.15, -0.1) is 0 Å². The molecular weight excluding hydrogens is 218 g/mol. The van der Waals surface area contributed by atoms with Crippen LogP contribution in [0, 0.1) is 0 Å². The highest BCUT2D eigenvalue weighted by atomic mass is 16.2. The highest BCUT2D eigenvalue weighted by Crippen LogP contribution is 1.97. The highest BCUT2D eigenvalue weighted by Gasteiger charge is 2.17. The maximum atomic E-state index is 11.7. The molecule has 0 aromatic rings. The summed E-state index contributed by atoms with van der Waals surface area (Å²) in [5.74, 6) is -0.340. The van der Waals surface area contributed by atoms with Gasteiger partial charge in [-0.3, -0.25) is 9.59 Å². The van der Waals surface area contributed by atoms with Crippen molar-refractivity contribution in [2.75, 3.05) is 13.1 Å². The molecule has 100 valence electrons. The van der Waals surface area contributed by atoms with Crippen LogP contribution in [0.5, 0.6) is 0 Å². The van der Waals surface area contributed by atoms with Crippen LogP contribution in [0.4, 0.5) is 0 Å². The van der Waals surface area contributed by atoms with Gasteiger partial charge in [0.25, 0.3) is 0 Å². The minimum absolute atomic E-state index is 0.131. The summed E-state index contributed by atoms with van der Waals surface area (Å²) in [4.78, 5) is 22.8. The molecule has 2 amide bonds. The van der Waals surface area contributed by atoms with Gasteiger partial charge in [0.1, 0.15) is 6.04 Å². The second-order valence-corrected chi connectivity index (χ2v) is 4.06. The van der Waals surface area contributed by atoms with E-state index in [-0.39, 0.29) is 18.4 Å².